The van der Waals surface area contributed by atoms with Crippen molar-refractivity contribution < 1.29 is 14.3 Å². The van der Waals surface area contributed by atoms with E-state index in [2.05, 4.69) is 21.2 Å². The van der Waals surface area contributed by atoms with E-state index in [4.69, 9.17) is 10.5 Å². The molecule has 5 nitrogen and oxygen atoms in total. The van der Waals surface area contributed by atoms with Gasteiger partial charge in [-0.05, 0) is 47.0 Å². The lowest BCUT2D eigenvalue weighted by Gasteiger charge is -2.16. The van der Waals surface area contributed by atoms with Crippen molar-refractivity contribution in [2.75, 3.05) is 11.9 Å². The van der Waals surface area contributed by atoms with E-state index in [1.807, 2.05) is 13.8 Å². The first-order valence-electron chi connectivity index (χ1n) is 6.40. The molecule has 1 aromatic rings. The predicted octanol–water partition coefficient (Wildman–Crippen LogP) is 2.55. The standard InChI is InChI=1S/C14H19BrN2O3/c1-4-20-14(19)9-5-6-11(10(15)7-9)17-13(18)12(16)8(2)3/h5-8,12H,4,16H2,1-3H3,(H,17,18)/t12-/m0/s1. The summed E-state index contributed by atoms with van der Waals surface area (Å²) in [6.07, 6.45) is 0. The number of halogens is 1. The van der Waals surface area contributed by atoms with Gasteiger partial charge in [0.15, 0.2) is 0 Å². The molecule has 0 radical (unpaired) electrons. The Balaban J connectivity index is 2.84. The maximum absolute atomic E-state index is 11.9. The fraction of sp³-hybridized carbons (Fsp3) is 0.429. The molecular weight excluding hydrogens is 324 g/mol. The molecule has 0 saturated heterocycles. The molecule has 1 aromatic carbocycles. The molecule has 20 heavy (non-hydrogen) atoms. The average Bonchev–Trinajstić information content (AvgIpc) is 2.40. The lowest BCUT2D eigenvalue weighted by atomic mass is 10.0. The van der Waals surface area contributed by atoms with E-state index >= 15 is 0 Å². The first kappa shape index (κ1) is 16.7. The normalized spacial score (nSPS) is 12.1. The van der Waals surface area contributed by atoms with Crippen LogP contribution in [0.15, 0.2) is 22.7 Å². The summed E-state index contributed by atoms with van der Waals surface area (Å²) in [5.74, 6) is -0.609. The fourth-order valence-electron chi connectivity index (χ4n) is 1.48. The van der Waals surface area contributed by atoms with Crippen LogP contribution in [0.5, 0.6) is 0 Å². The third-order valence-corrected chi connectivity index (χ3v) is 3.42. The molecule has 0 aliphatic carbocycles. The molecule has 0 spiro atoms. The minimum Gasteiger partial charge on any atom is -0.462 e. The molecule has 0 fully saturated rings. The van der Waals surface area contributed by atoms with Crippen LogP contribution in [-0.4, -0.2) is 24.5 Å². The topological polar surface area (TPSA) is 81.4 Å². The molecular formula is C14H19BrN2O3. The zero-order chi connectivity index (χ0) is 15.3. The SMILES string of the molecule is CCOC(=O)c1ccc(NC(=O)[C@@H](N)C(C)C)c(Br)c1. The third kappa shape index (κ3) is 4.31. The summed E-state index contributed by atoms with van der Waals surface area (Å²) < 4.78 is 5.51. The lowest BCUT2D eigenvalue weighted by Crippen LogP contribution is -2.39. The van der Waals surface area contributed by atoms with Crippen molar-refractivity contribution in [1.82, 2.24) is 0 Å². The maximum atomic E-state index is 11.9. The number of benzene rings is 1. The van der Waals surface area contributed by atoms with E-state index in [-0.39, 0.29) is 11.8 Å². The van der Waals surface area contributed by atoms with Gasteiger partial charge in [-0.1, -0.05) is 13.8 Å². The van der Waals surface area contributed by atoms with Crippen LogP contribution in [0.2, 0.25) is 0 Å². The van der Waals surface area contributed by atoms with Crippen LogP contribution in [0.3, 0.4) is 0 Å². The summed E-state index contributed by atoms with van der Waals surface area (Å²) in [4.78, 5) is 23.5. The van der Waals surface area contributed by atoms with E-state index < -0.39 is 12.0 Å². The van der Waals surface area contributed by atoms with Crippen molar-refractivity contribution in [3.63, 3.8) is 0 Å². The highest BCUT2D eigenvalue weighted by atomic mass is 79.9. The molecule has 1 amide bonds. The third-order valence-electron chi connectivity index (χ3n) is 2.76. The molecule has 0 aromatic heterocycles. The molecule has 0 unspecified atom stereocenters. The number of carbonyl (C=O) groups excluding carboxylic acids is 2. The van der Waals surface area contributed by atoms with E-state index in [9.17, 15) is 9.59 Å². The zero-order valence-corrected chi connectivity index (χ0v) is 13.4. The van der Waals surface area contributed by atoms with Crippen LogP contribution in [-0.2, 0) is 9.53 Å². The number of anilines is 1. The predicted molar refractivity (Wildman–Crippen MR) is 81.5 cm³/mol. The number of nitrogens with one attached hydrogen (secondary N) is 1. The van der Waals surface area contributed by atoms with Crippen molar-refractivity contribution >= 4 is 33.5 Å². The highest BCUT2D eigenvalue weighted by Crippen LogP contribution is 2.24. The minimum absolute atomic E-state index is 0.0487. The Morgan fingerprint density at radius 2 is 2.05 bits per heavy atom. The van der Waals surface area contributed by atoms with E-state index in [1.165, 1.54) is 0 Å². The maximum Gasteiger partial charge on any atom is 0.338 e. The van der Waals surface area contributed by atoms with Crippen LogP contribution in [0.1, 0.15) is 31.1 Å². The molecule has 6 heteroatoms. The van der Waals surface area contributed by atoms with Crippen LogP contribution in [0.25, 0.3) is 0 Å². The smallest absolute Gasteiger partial charge is 0.338 e. The number of hydrogen-bond acceptors (Lipinski definition) is 4. The van der Waals surface area contributed by atoms with Crippen molar-refractivity contribution in [3.8, 4) is 0 Å². The van der Waals surface area contributed by atoms with Gasteiger partial charge in [-0.15, -0.1) is 0 Å². The molecule has 3 N–H and O–H groups in total. The number of hydrogen-bond donors (Lipinski definition) is 2. The first-order chi connectivity index (χ1) is 9.36. The zero-order valence-electron chi connectivity index (χ0n) is 11.8. The summed E-state index contributed by atoms with van der Waals surface area (Å²) in [5, 5.41) is 2.73. The van der Waals surface area contributed by atoms with Crippen LogP contribution >= 0.6 is 15.9 Å². The van der Waals surface area contributed by atoms with Crippen molar-refractivity contribution in [2.24, 2.45) is 11.7 Å². The molecule has 0 saturated carbocycles. The Hall–Kier alpha value is -1.40. The molecule has 110 valence electrons. The monoisotopic (exact) mass is 342 g/mol. The number of rotatable bonds is 5. The first-order valence-corrected chi connectivity index (χ1v) is 7.19. The van der Waals surface area contributed by atoms with Crippen molar-refractivity contribution in [2.45, 2.75) is 26.8 Å². The van der Waals surface area contributed by atoms with Crippen LogP contribution in [0.4, 0.5) is 5.69 Å². The van der Waals surface area contributed by atoms with Gasteiger partial charge in [0.1, 0.15) is 0 Å². The Morgan fingerprint density at radius 1 is 1.40 bits per heavy atom. The second kappa shape index (κ2) is 7.40. The van der Waals surface area contributed by atoms with Gasteiger partial charge < -0.3 is 15.8 Å². The van der Waals surface area contributed by atoms with E-state index in [0.717, 1.165) is 0 Å². The minimum atomic E-state index is -0.577. The number of carbonyl (C=O) groups is 2. The second-order valence-corrected chi connectivity index (χ2v) is 5.53. The van der Waals surface area contributed by atoms with Gasteiger partial charge in [-0.3, -0.25) is 4.79 Å². The second-order valence-electron chi connectivity index (χ2n) is 4.67. The Bertz CT molecular complexity index is 503. The highest BCUT2D eigenvalue weighted by molar-refractivity contribution is 9.10. The van der Waals surface area contributed by atoms with E-state index in [1.54, 1.807) is 25.1 Å². The Morgan fingerprint density at radius 3 is 2.55 bits per heavy atom. The largest absolute Gasteiger partial charge is 0.462 e. The molecule has 0 aliphatic heterocycles. The van der Waals surface area contributed by atoms with Crippen LogP contribution < -0.4 is 11.1 Å². The quantitative estimate of drug-likeness (QED) is 0.805. The van der Waals surface area contributed by atoms with E-state index in [0.29, 0.717) is 22.3 Å². The van der Waals surface area contributed by atoms with Gasteiger partial charge in [-0.25, -0.2) is 4.79 Å². The van der Waals surface area contributed by atoms with Crippen LogP contribution in [0, 0.1) is 5.92 Å². The molecule has 0 bridgehead atoms. The number of ether oxygens (including phenoxy) is 1. The number of esters is 1. The summed E-state index contributed by atoms with van der Waals surface area (Å²) in [6.45, 7) is 5.82. The Labute approximate surface area is 127 Å². The molecule has 0 aliphatic rings. The number of nitrogens with two attached hydrogens (primary N) is 1. The van der Waals surface area contributed by atoms with Crippen molar-refractivity contribution in [3.05, 3.63) is 28.2 Å². The van der Waals surface area contributed by atoms with Gasteiger partial charge in [-0.2, -0.15) is 0 Å². The molecule has 1 rings (SSSR count). The summed E-state index contributed by atoms with van der Waals surface area (Å²) in [7, 11) is 0. The lowest BCUT2D eigenvalue weighted by molar-refractivity contribution is -0.118. The summed E-state index contributed by atoms with van der Waals surface area (Å²) >= 11 is 3.32. The van der Waals surface area contributed by atoms with Crippen molar-refractivity contribution in [1.29, 1.82) is 0 Å². The molecule has 0 heterocycles. The van der Waals surface area contributed by atoms with Gasteiger partial charge in [0, 0.05) is 4.47 Å². The Kier molecular flexibility index (Phi) is 6.16. The summed E-state index contributed by atoms with van der Waals surface area (Å²) in [6, 6.07) is 4.27. The van der Waals surface area contributed by atoms with Gasteiger partial charge in [0.05, 0.1) is 23.9 Å². The highest BCUT2D eigenvalue weighted by Gasteiger charge is 2.18. The van der Waals surface area contributed by atoms with Gasteiger partial charge in [0.2, 0.25) is 5.91 Å². The molecule has 1 atom stereocenters. The average molecular weight is 343 g/mol. The fourth-order valence-corrected chi connectivity index (χ4v) is 1.95. The van der Waals surface area contributed by atoms with Gasteiger partial charge in [0.25, 0.3) is 0 Å². The number of amides is 1. The summed E-state index contributed by atoms with van der Waals surface area (Å²) in [5.41, 5.74) is 6.76. The van der Waals surface area contributed by atoms with Gasteiger partial charge >= 0.3 is 5.97 Å².